The van der Waals surface area contributed by atoms with Gasteiger partial charge < -0.3 is 5.32 Å². The van der Waals surface area contributed by atoms with Crippen molar-refractivity contribution in [2.45, 2.75) is 26.2 Å². The Labute approximate surface area is 90.7 Å². The molecule has 88 valence electrons. The van der Waals surface area contributed by atoms with Crippen LogP contribution in [0.2, 0.25) is 0 Å². The molecular weight excluding hydrogens is 216 g/mol. The molecule has 0 aromatic carbocycles. The number of amides is 1. The zero-order valence-electron chi connectivity index (χ0n) is 8.95. The van der Waals surface area contributed by atoms with Crippen molar-refractivity contribution in [1.29, 1.82) is 0 Å². The summed E-state index contributed by atoms with van der Waals surface area (Å²) >= 11 is 0. The smallest absolute Gasteiger partial charge is 0.237 e. The van der Waals surface area contributed by atoms with E-state index in [9.17, 15) is 13.2 Å². The predicted molar refractivity (Wildman–Crippen MR) is 57.8 cm³/mol. The maximum atomic E-state index is 11.6. The molecule has 1 aliphatic rings. The van der Waals surface area contributed by atoms with Gasteiger partial charge in [0.05, 0.1) is 11.7 Å². The van der Waals surface area contributed by atoms with Crippen LogP contribution < -0.4 is 10.0 Å². The molecule has 1 amide bonds. The van der Waals surface area contributed by atoms with Crippen molar-refractivity contribution in [2.75, 3.05) is 18.8 Å². The minimum Gasteiger partial charge on any atom is -0.316 e. The highest BCUT2D eigenvalue weighted by atomic mass is 32.2. The first-order valence-corrected chi connectivity index (χ1v) is 6.95. The summed E-state index contributed by atoms with van der Waals surface area (Å²) in [6.07, 6.45) is 2.21. The molecule has 0 radical (unpaired) electrons. The second-order valence-electron chi connectivity index (χ2n) is 3.83. The van der Waals surface area contributed by atoms with Crippen molar-refractivity contribution in [3.05, 3.63) is 0 Å². The molecule has 0 bridgehead atoms. The Morgan fingerprint density at radius 2 is 2.27 bits per heavy atom. The van der Waals surface area contributed by atoms with Crippen LogP contribution in [0.3, 0.4) is 0 Å². The molecule has 0 saturated carbocycles. The number of rotatable bonds is 4. The normalized spacial score (nSPS) is 22.3. The van der Waals surface area contributed by atoms with E-state index in [1.807, 2.05) is 0 Å². The minimum absolute atomic E-state index is 0.0128. The van der Waals surface area contributed by atoms with Crippen molar-refractivity contribution in [3.8, 4) is 0 Å². The van der Waals surface area contributed by atoms with Crippen LogP contribution in [0.5, 0.6) is 0 Å². The number of carbonyl (C=O) groups excluding carboxylic acids is 1. The quantitative estimate of drug-likeness (QED) is 0.709. The molecule has 0 aromatic heterocycles. The molecule has 6 heteroatoms. The summed E-state index contributed by atoms with van der Waals surface area (Å²) in [5.74, 6) is -0.556. The van der Waals surface area contributed by atoms with Crippen LogP contribution in [0.15, 0.2) is 0 Å². The van der Waals surface area contributed by atoms with Gasteiger partial charge in [0.2, 0.25) is 15.9 Å². The topological polar surface area (TPSA) is 75.3 Å². The molecule has 2 N–H and O–H groups in total. The first-order chi connectivity index (χ1) is 7.05. The van der Waals surface area contributed by atoms with E-state index in [0.717, 1.165) is 19.4 Å². The number of piperidine rings is 1. The molecule has 1 rings (SSSR count). The van der Waals surface area contributed by atoms with Gasteiger partial charge in [-0.05, 0) is 25.8 Å². The lowest BCUT2D eigenvalue weighted by molar-refractivity contribution is -0.123. The van der Waals surface area contributed by atoms with Gasteiger partial charge in [-0.15, -0.1) is 0 Å². The van der Waals surface area contributed by atoms with E-state index in [1.165, 1.54) is 0 Å². The standard InChI is InChI=1S/C9H18N2O3S/c1-2-6-15(13,14)11-9(12)8-4-3-5-10-7-8/h8,10H,2-7H2,1H3,(H,11,12)/t8-/m0/s1. The summed E-state index contributed by atoms with van der Waals surface area (Å²) in [5.41, 5.74) is 0. The zero-order chi connectivity index (χ0) is 11.3. The molecule has 0 unspecified atom stereocenters. The molecule has 1 atom stereocenters. The largest absolute Gasteiger partial charge is 0.316 e. The molecule has 1 saturated heterocycles. The summed E-state index contributed by atoms with van der Waals surface area (Å²) in [6, 6.07) is 0. The van der Waals surface area contributed by atoms with Crippen LogP contribution in [0, 0.1) is 5.92 Å². The van der Waals surface area contributed by atoms with Crippen molar-refractivity contribution in [3.63, 3.8) is 0 Å². The van der Waals surface area contributed by atoms with Gasteiger partial charge in [-0.25, -0.2) is 8.42 Å². The molecule has 1 aliphatic heterocycles. The highest BCUT2D eigenvalue weighted by Gasteiger charge is 2.24. The van der Waals surface area contributed by atoms with Gasteiger partial charge in [0.25, 0.3) is 0 Å². The first kappa shape index (κ1) is 12.4. The first-order valence-electron chi connectivity index (χ1n) is 5.30. The van der Waals surface area contributed by atoms with Gasteiger partial charge in [0.15, 0.2) is 0 Å². The van der Waals surface area contributed by atoms with E-state index in [1.54, 1.807) is 6.92 Å². The molecular formula is C9H18N2O3S. The fourth-order valence-corrected chi connectivity index (χ4v) is 2.74. The third-order valence-corrected chi connectivity index (χ3v) is 3.85. The van der Waals surface area contributed by atoms with Crippen molar-refractivity contribution >= 4 is 15.9 Å². The fraction of sp³-hybridized carbons (Fsp3) is 0.889. The van der Waals surface area contributed by atoms with E-state index < -0.39 is 10.0 Å². The van der Waals surface area contributed by atoms with Gasteiger partial charge in [0, 0.05) is 6.54 Å². The SMILES string of the molecule is CCCS(=O)(=O)NC(=O)[C@H]1CCCNC1. The molecule has 1 heterocycles. The fourth-order valence-electron chi connectivity index (χ4n) is 1.63. The Bertz CT molecular complexity index is 307. The van der Waals surface area contributed by atoms with Gasteiger partial charge in [-0.3, -0.25) is 9.52 Å². The number of hydrogen-bond donors (Lipinski definition) is 2. The van der Waals surface area contributed by atoms with Crippen molar-refractivity contribution < 1.29 is 13.2 Å². The third kappa shape index (κ3) is 4.17. The number of carbonyl (C=O) groups is 1. The molecule has 0 spiro atoms. The molecule has 1 fully saturated rings. The number of hydrogen-bond acceptors (Lipinski definition) is 4. The Balaban J connectivity index is 2.47. The molecule has 15 heavy (non-hydrogen) atoms. The van der Waals surface area contributed by atoms with Gasteiger partial charge in [-0.2, -0.15) is 0 Å². The number of nitrogens with one attached hydrogen (secondary N) is 2. The van der Waals surface area contributed by atoms with Crippen molar-refractivity contribution in [1.82, 2.24) is 10.0 Å². The van der Waals surface area contributed by atoms with Crippen LogP contribution in [-0.2, 0) is 14.8 Å². The average Bonchev–Trinajstić information content (AvgIpc) is 2.18. The van der Waals surface area contributed by atoms with Gasteiger partial charge in [0.1, 0.15) is 0 Å². The van der Waals surface area contributed by atoms with Crippen LogP contribution >= 0.6 is 0 Å². The third-order valence-electron chi connectivity index (χ3n) is 2.40. The Morgan fingerprint density at radius 3 is 2.80 bits per heavy atom. The van der Waals surface area contributed by atoms with E-state index >= 15 is 0 Å². The maximum Gasteiger partial charge on any atom is 0.237 e. The Morgan fingerprint density at radius 1 is 1.53 bits per heavy atom. The highest BCUT2D eigenvalue weighted by molar-refractivity contribution is 7.90. The predicted octanol–water partition coefficient (Wildman–Crippen LogP) is -0.158. The number of sulfonamides is 1. The molecule has 0 aliphatic carbocycles. The second-order valence-corrected chi connectivity index (χ2v) is 5.67. The monoisotopic (exact) mass is 234 g/mol. The lowest BCUT2D eigenvalue weighted by Gasteiger charge is -2.21. The van der Waals surface area contributed by atoms with Gasteiger partial charge >= 0.3 is 0 Å². The summed E-state index contributed by atoms with van der Waals surface area (Å²) in [6.45, 7) is 3.25. The van der Waals surface area contributed by atoms with Gasteiger partial charge in [-0.1, -0.05) is 6.92 Å². The van der Waals surface area contributed by atoms with E-state index in [2.05, 4.69) is 10.0 Å². The summed E-state index contributed by atoms with van der Waals surface area (Å²) in [7, 11) is -3.41. The van der Waals surface area contributed by atoms with E-state index in [4.69, 9.17) is 0 Å². The van der Waals surface area contributed by atoms with Crippen LogP contribution in [-0.4, -0.2) is 33.2 Å². The molecule has 0 aromatic rings. The summed E-state index contributed by atoms with van der Waals surface area (Å²) in [5, 5.41) is 3.08. The van der Waals surface area contributed by atoms with Crippen LogP contribution in [0.25, 0.3) is 0 Å². The zero-order valence-corrected chi connectivity index (χ0v) is 9.77. The van der Waals surface area contributed by atoms with E-state index in [0.29, 0.717) is 13.0 Å². The summed E-state index contributed by atoms with van der Waals surface area (Å²) in [4.78, 5) is 11.6. The van der Waals surface area contributed by atoms with Crippen molar-refractivity contribution in [2.24, 2.45) is 5.92 Å². The maximum absolute atomic E-state index is 11.6. The van der Waals surface area contributed by atoms with E-state index in [-0.39, 0.29) is 17.6 Å². The Hall–Kier alpha value is -0.620. The highest BCUT2D eigenvalue weighted by Crippen LogP contribution is 2.10. The average molecular weight is 234 g/mol. The second kappa shape index (κ2) is 5.46. The van der Waals surface area contributed by atoms with Crippen LogP contribution in [0.1, 0.15) is 26.2 Å². The Kier molecular flexibility index (Phi) is 4.53. The molecule has 5 nitrogen and oxygen atoms in total. The summed E-state index contributed by atoms with van der Waals surface area (Å²) < 4.78 is 24.8. The van der Waals surface area contributed by atoms with Crippen LogP contribution in [0.4, 0.5) is 0 Å². The minimum atomic E-state index is -3.41. The lowest BCUT2D eigenvalue weighted by atomic mass is 9.99. The lowest BCUT2D eigenvalue weighted by Crippen LogP contribution is -2.43.